The molecule has 0 aliphatic carbocycles. The summed E-state index contributed by atoms with van der Waals surface area (Å²) in [6.07, 6.45) is 0. The van der Waals surface area contributed by atoms with E-state index in [4.69, 9.17) is 0 Å². The van der Waals surface area contributed by atoms with E-state index in [1.165, 1.54) is 12.1 Å². The van der Waals surface area contributed by atoms with Gasteiger partial charge < -0.3 is 10.6 Å². The van der Waals surface area contributed by atoms with Crippen LogP contribution in [-0.2, 0) is 23.4 Å². The fraction of sp³-hybridized carbons (Fsp3) is 0.227. The highest BCUT2D eigenvalue weighted by molar-refractivity contribution is 7.13. The molecule has 1 fully saturated rings. The van der Waals surface area contributed by atoms with Crippen LogP contribution < -0.4 is 10.6 Å². The van der Waals surface area contributed by atoms with Crippen LogP contribution in [0.1, 0.15) is 38.4 Å². The highest BCUT2D eigenvalue weighted by Crippen LogP contribution is 2.30. The number of carbonyl (C=O) groups is 3. The lowest BCUT2D eigenvalue weighted by Crippen LogP contribution is -2.40. The van der Waals surface area contributed by atoms with Gasteiger partial charge in [-0.05, 0) is 37.1 Å². The molecule has 1 saturated heterocycles. The number of hydrogen-bond donors (Lipinski definition) is 2. The lowest BCUT2D eigenvalue weighted by atomic mass is 9.91. The number of amides is 4. The topological polar surface area (TPSA) is 104 Å². The second-order valence-corrected chi connectivity index (χ2v) is 8.68. The number of aromatic nitrogens is 2. The number of nitrogens with one attached hydrogen (secondary N) is 2. The third-order valence-corrected chi connectivity index (χ3v) is 6.13. The molecule has 164 valence electrons. The van der Waals surface area contributed by atoms with E-state index < -0.39 is 23.4 Å². The minimum atomic E-state index is -1.18. The van der Waals surface area contributed by atoms with E-state index in [1.54, 1.807) is 19.1 Å². The van der Waals surface area contributed by atoms with Gasteiger partial charge in [-0.2, -0.15) is 0 Å². The molecular formula is C22H20FN5O3S. The van der Waals surface area contributed by atoms with Crippen molar-refractivity contribution in [1.29, 1.82) is 0 Å². The molecular weight excluding hydrogens is 433 g/mol. The highest BCUT2D eigenvalue weighted by atomic mass is 32.1. The minimum absolute atomic E-state index is 0.0883. The predicted molar refractivity (Wildman–Crippen MR) is 115 cm³/mol. The molecule has 1 aliphatic rings. The van der Waals surface area contributed by atoms with E-state index in [-0.39, 0.29) is 23.9 Å². The van der Waals surface area contributed by atoms with Gasteiger partial charge >= 0.3 is 6.03 Å². The Labute approximate surface area is 187 Å². The zero-order valence-electron chi connectivity index (χ0n) is 17.4. The monoisotopic (exact) mass is 453 g/mol. The van der Waals surface area contributed by atoms with Crippen molar-refractivity contribution in [1.82, 2.24) is 25.7 Å². The van der Waals surface area contributed by atoms with E-state index in [0.717, 1.165) is 27.4 Å². The van der Waals surface area contributed by atoms with Crippen molar-refractivity contribution >= 4 is 29.2 Å². The van der Waals surface area contributed by atoms with Gasteiger partial charge in [0.05, 0.1) is 6.54 Å². The standard InChI is InChI=1S/C22H20FN5O3S/c1-13-3-7-15(8-4-13)22(2)20(30)28(21(31)25-22)12-17-26-27-19(32-17)18(29)24-11-14-5-9-16(23)10-6-14/h3-10H,11-12H2,1-2H3,(H,24,29)(H,25,31). The Bertz CT molecular complexity index is 1180. The van der Waals surface area contributed by atoms with E-state index in [2.05, 4.69) is 20.8 Å². The van der Waals surface area contributed by atoms with E-state index in [9.17, 15) is 18.8 Å². The molecule has 1 aromatic heterocycles. The van der Waals surface area contributed by atoms with Gasteiger partial charge in [0.1, 0.15) is 16.4 Å². The largest absolute Gasteiger partial charge is 0.346 e. The van der Waals surface area contributed by atoms with Gasteiger partial charge in [0.15, 0.2) is 0 Å². The van der Waals surface area contributed by atoms with Crippen molar-refractivity contribution in [3.8, 4) is 0 Å². The predicted octanol–water partition coefficient (Wildman–Crippen LogP) is 2.88. The summed E-state index contributed by atoms with van der Waals surface area (Å²) >= 11 is 0.999. The summed E-state index contributed by atoms with van der Waals surface area (Å²) in [5.41, 5.74) is 1.29. The molecule has 1 aliphatic heterocycles. The van der Waals surface area contributed by atoms with Gasteiger partial charge in [-0.15, -0.1) is 10.2 Å². The second-order valence-electron chi connectivity index (χ2n) is 7.62. The first-order valence-electron chi connectivity index (χ1n) is 9.82. The molecule has 10 heteroatoms. The fourth-order valence-corrected chi connectivity index (χ4v) is 4.07. The zero-order chi connectivity index (χ0) is 22.9. The number of rotatable bonds is 6. The SMILES string of the molecule is Cc1ccc(C2(C)NC(=O)N(Cc3nnc(C(=O)NCc4ccc(F)cc4)s3)C2=O)cc1. The first-order valence-corrected chi connectivity index (χ1v) is 10.6. The first kappa shape index (κ1) is 21.6. The van der Waals surface area contributed by atoms with Crippen molar-refractivity contribution in [2.75, 3.05) is 0 Å². The van der Waals surface area contributed by atoms with Crippen molar-refractivity contribution in [3.05, 3.63) is 81.1 Å². The maximum Gasteiger partial charge on any atom is 0.325 e. The summed E-state index contributed by atoms with van der Waals surface area (Å²) in [7, 11) is 0. The Morgan fingerprint density at radius 3 is 2.50 bits per heavy atom. The number of imide groups is 1. The number of nitrogens with zero attached hydrogens (tertiary/aromatic N) is 3. The van der Waals surface area contributed by atoms with Crippen LogP contribution in [0.25, 0.3) is 0 Å². The molecule has 32 heavy (non-hydrogen) atoms. The van der Waals surface area contributed by atoms with Crippen molar-refractivity contribution in [3.63, 3.8) is 0 Å². The molecule has 4 rings (SSSR count). The molecule has 0 saturated carbocycles. The third kappa shape index (κ3) is 4.22. The molecule has 3 aromatic rings. The second kappa shape index (κ2) is 8.46. The molecule has 1 atom stereocenters. The number of aryl methyl sites for hydroxylation is 1. The van der Waals surface area contributed by atoms with Gasteiger partial charge in [-0.3, -0.25) is 14.5 Å². The van der Waals surface area contributed by atoms with Crippen LogP contribution in [0.2, 0.25) is 0 Å². The van der Waals surface area contributed by atoms with Crippen LogP contribution >= 0.6 is 11.3 Å². The van der Waals surface area contributed by atoms with Gasteiger partial charge in [0.25, 0.3) is 11.8 Å². The summed E-state index contributed by atoms with van der Waals surface area (Å²) in [6.45, 7) is 3.72. The van der Waals surface area contributed by atoms with Gasteiger partial charge in [0.2, 0.25) is 5.01 Å². The molecule has 1 unspecified atom stereocenters. The molecule has 0 spiro atoms. The molecule has 4 amide bonds. The Balaban J connectivity index is 1.42. The molecule has 2 heterocycles. The lowest BCUT2D eigenvalue weighted by Gasteiger charge is -2.22. The first-order chi connectivity index (χ1) is 15.3. The Morgan fingerprint density at radius 2 is 1.81 bits per heavy atom. The number of hydrogen-bond acceptors (Lipinski definition) is 6. The van der Waals surface area contributed by atoms with Crippen LogP contribution in [-0.4, -0.2) is 32.9 Å². The zero-order valence-corrected chi connectivity index (χ0v) is 18.2. The number of benzene rings is 2. The quantitative estimate of drug-likeness (QED) is 0.559. The maximum absolute atomic E-state index is 13.0. The van der Waals surface area contributed by atoms with E-state index in [1.807, 2.05) is 31.2 Å². The highest BCUT2D eigenvalue weighted by Gasteiger charge is 2.49. The summed E-state index contributed by atoms with van der Waals surface area (Å²) in [6, 6.07) is 12.6. The van der Waals surface area contributed by atoms with Crippen molar-refractivity contribution in [2.45, 2.75) is 32.5 Å². The summed E-state index contributed by atoms with van der Waals surface area (Å²) in [5.74, 6) is -1.20. The average Bonchev–Trinajstić information content (AvgIpc) is 3.33. The Hall–Kier alpha value is -3.66. The number of carbonyl (C=O) groups excluding carboxylic acids is 3. The fourth-order valence-electron chi connectivity index (χ4n) is 3.33. The van der Waals surface area contributed by atoms with Gasteiger partial charge in [-0.1, -0.05) is 53.3 Å². The molecule has 2 aromatic carbocycles. The van der Waals surface area contributed by atoms with E-state index >= 15 is 0 Å². The van der Waals surface area contributed by atoms with Crippen LogP contribution in [0.3, 0.4) is 0 Å². The maximum atomic E-state index is 13.0. The molecule has 0 bridgehead atoms. The lowest BCUT2D eigenvalue weighted by molar-refractivity contribution is -0.131. The van der Waals surface area contributed by atoms with Crippen LogP contribution in [0.4, 0.5) is 9.18 Å². The van der Waals surface area contributed by atoms with Crippen LogP contribution in [0, 0.1) is 12.7 Å². The molecule has 0 radical (unpaired) electrons. The van der Waals surface area contributed by atoms with E-state index in [0.29, 0.717) is 10.6 Å². The molecule has 8 nitrogen and oxygen atoms in total. The molecule has 2 N–H and O–H groups in total. The number of halogens is 1. The van der Waals surface area contributed by atoms with Crippen molar-refractivity contribution in [2.24, 2.45) is 0 Å². The van der Waals surface area contributed by atoms with Crippen LogP contribution in [0.15, 0.2) is 48.5 Å². The Kier molecular flexibility index (Phi) is 5.70. The summed E-state index contributed by atoms with van der Waals surface area (Å²) in [4.78, 5) is 39.0. The minimum Gasteiger partial charge on any atom is -0.346 e. The van der Waals surface area contributed by atoms with Crippen molar-refractivity contribution < 1.29 is 18.8 Å². The third-order valence-electron chi connectivity index (χ3n) is 5.22. The van der Waals surface area contributed by atoms with Crippen LogP contribution in [0.5, 0.6) is 0 Å². The Morgan fingerprint density at radius 1 is 1.12 bits per heavy atom. The number of urea groups is 1. The normalized spacial score (nSPS) is 18.0. The summed E-state index contributed by atoms with van der Waals surface area (Å²) < 4.78 is 13.0. The average molecular weight is 453 g/mol. The van der Waals surface area contributed by atoms with Gasteiger partial charge in [-0.25, -0.2) is 9.18 Å². The van der Waals surface area contributed by atoms with Gasteiger partial charge in [0, 0.05) is 6.54 Å². The summed E-state index contributed by atoms with van der Waals surface area (Å²) in [5, 5.41) is 13.7. The smallest absolute Gasteiger partial charge is 0.325 e.